The Morgan fingerprint density at radius 3 is 2.50 bits per heavy atom. The third kappa shape index (κ3) is 6.38. The smallest absolute Gasteiger partial charge is 0.233 e. The molecule has 0 rings (SSSR count). The SMILES string of the molecule is CCCCCCN(CCO)C(=O)CBr. The first-order valence-electron chi connectivity index (χ1n) is 5.20. The molecule has 0 aliphatic heterocycles. The highest BCUT2D eigenvalue weighted by Gasteiger charge is 2.10. The molecule has 0 saturated heterocycles. The molecule has 4 heteroatoms. The molecule has 0 bridgehead atoms. The van der Waals surface area contributed by atoms with Crippen molar-refractivity contribution in [2.75, 3.05) is 25.0 Å². The van der Waals surface area contributed by atoms with E-state index in [-0.39, 0.29) is 12.5 Å². The molecule has 0 aromatic carbocycles. The number of hydrogen-bond acceptors (Lipinski definition) is 2. The number of aliphatic hydroxyl groups is 1. The molecule has 0 aromatic rings. The highest BCUT2D eigenvalue weighted by atomic mass is 79.9. The van der Waals surface area contributed by atoms with Gasteiger partial charge in [-0.3, -0.25) is 4.79 Å². The molecule has 0 fully saturated rings. The van der Waals surface area contributed by atoms with Gasteiger partial charge in [0.2, 0.25) is 5.91 Å². The van der Waals surface area contributed by atoms with Crippen molar-refractivity contribution in [1.82, 2.24) is 4.90 Å². The molecule has 0 aromatic heterocycles. The molecule has 0 spiro atoms. The second-order valence-electron chi connectivity index (χ2n) is 3.30. The zero-order valence-corrected chi connectivity index (χ0v) is 10.4. The minimum Gasteiger partial charge on any atom is -0.395 e. The Labute approximate surface area is 94.6 Å². The Hall–Kier alpha value is -0.0900. The summed E-state index contributed by atoms with van der Waals surface area (Å²) in [7, 11) is 0. The Morgan fingerprint density at radius 1 is 1.29 bits per heavy atom. The van der Waals surface area contributed by atoms with Crippen molar-refractivity contribution in [3.05, 3.63) is 0 Å². The Morgan fingerprint density at radius 2 is 2.00 bits per heavy atom. The largest absolute Gasteiger partial charge is 0.395 e. The maximum absolute atomic E-state index is 11.3. The lowest BCUT2D eigenvalue weighted by atomic mass is 10.2. The second-order valence-corrected chi connectivity index (χ2v) is 3.86. The van der Waals surface area contributed by atoms with Gasteiger partial charge in [-0.1, -0.05) is 42.1 Å². The normalized spacial score (nSPS) is 10.2. The van der Waals surface area contributed by atoms with Crippen LogP contribution in [0.3, 0.4) is 0 Å². The van der Waals surface area contributed by atoms with Gasteiger partial charge in [-0.15, -0.1) is 0 Å². The highest BCUT2D eigenvalue weighted by molar-refractivity contribution is 9.09. The van der Waals surface area contributed by atoms with Crippen LogP contribution >= 0.6 is 15.9 Å². The third-order valence-corrected chi connectivity index (χ3v) is 2.60. The molecule has 14 heavy (non-hydrogen) atoms. The number of hydrogen-bond donors (Lipinski definition) is 1. The quantitative estimate of drug-likeness (QED) is 0.537. The van der Waals surface area contributed by atoms with Gasteiger partial charge < -0.3 is 10.0 Å². The van der Waals surface area contributed by atoms with Gasteiger partial charge in [0.05, 0.1) is 11.9 Å². The van der Waals surface area contributed by atoms with Gasteiger partial charge in [0.1, 0.15) is 0 Å². The van der Waals surface area contributed by atoms with E-state index in [4.69, 9.17) is 5.11 Å². The molecule has 0 heterocycles. The Kier molecular flexibility index (Phi) is 9.40. The lowest BCUT2D eigenvalue weighted by Crippen LogP contribution is -2.35. The predicted molar refractivity (Wildman–Crippen MR) is 61.6 cm³/mol. The van der Waals surface area contributed by atoms with Crippen LogP contribution in [-0.4, -0.2) is 40.9 Å². The molecule has 0 aliphatic rings. The summed E-state index contributed by atoms with van der Waals surface area (Å²) in [4.78, 5) is 13.0. The summed E-state index contributed by atoms with van der Waals surface area (Å²) in [6.07, 6.45) is 4.61. The monoisotopic (exact) mass is 265 g/mol. The first-order chi connectivity index (χ1) is 6.76. The lowest BCUT2D eigenvalue weighted by Gasteiger charge is -2.20. The molecular weight excluding hydrogens is 246 g/mol. The van der Waals surface area contributed by atoms with Gasteiger partial charge in [0.15, 0.2) is 0 Å². The summed E-state index contributed by atoms with van der Waals surface area (Å²) >= 11 is 3.14. The van der Waals surface area contributed by atoms with Crippen LogP contribution in [0.2, 0.25) is 0 Å². The van der Waals surface area contributed by atoms with Crippen LogP contribution in [0.25, 0.3) is 0 Å². The standard InChI is InChI=1S/C10H20BrNO2/c1-2-3-4-5-6-12(7-8-13)10(14)9-11/h13H,2-9H2,1H3. The molecule has 0 atom stereocenters. The van der Waals surface area contributed by atoms with Crippen LogP contribution in [-0.2, 0) is 4.79 Å². The highest BCUT2D eigenvalue weighted by Crippen LogP contribution is 2.02. The molecule has 0 radical (unpaired) electrons. The molecule has 0 saturated carbocycles. The summed E-state index contributed by atoms with van der Waals surface area (Å²) in [5.41, 5.74) is 0. The Bertz CT molecular complexity index is 153. The van der Waals surface area contributed by atoms with E-state index in [1.54, 1.807) is 4.90 Å². The summed E-state index contributed by atoms with van der Waals surface area (Å²) in [6, 6.07) is 0. The lowest BCUT2D eigenvalue weighted by molar-refractivity contribution is -0.128. The number of carbonyl (C=O) groups excluding carboxylic acids is 1. The zero-order chi connectivity index (χ0) is 10.8. The van der Waals surface area contributed by atoms with Crippen molar-refractivity contribution in [3.8, 4) is 0 Å². The van der Waals surface area contributed by atoms with Crippen LogP contribution < -0.4 is 0 Å². The molecule has 1 N–H and O–H groups in total. The fourth-order valence-corrected chi connectivity index (χ4v) is 1.65. The van der Waals surface area contributed by atoms with Crippen molar-refractivity contribution >= 4 is 21.8 Å². The maximum atomic E-state index is 11.3. The molecule has 0 aliphatic carbocycles. The van der Waals surface area contributed by atoms with Crippen molar-refractivity contribution in [2.24, 2.45) is 0 Å². The van der Waals surface area contributed by atoms with Crippen molar-refractivity contribution < 1.29 is 9.90 Å². The molecule has 84 valence electrons. The number of aliphatic hydroxyl groups excluding tert-OH is 1. The summed E-state index contributed by atoms with van der Waals surface area (Å²) in [5, 5.41) is 9.12. The average molecular weight is 266 g/mol. The molecular formula is C10H20BrNO2. The van der Waals surface area contributed by atoms with Gasteiger partial charge in [-0.2, -0.15) is 0 Å². The number of amides is 1. The van der Waals surface area contributed by atoms with Crippen LogP contribution in [0.4, 0.5) is 0 Å². The molecule has 0 unspecified atom stereocenters. The maximum Gasteiger partial charge on any atom is 0.233 e. The number of carbonyl (C=O) groups is 1. The van der Waals surface area contributed by atoms with Crippen LogP contribution in [0.15, 0.2) is 0 Å². The topological polar surface area (TPSA) is 40.5 Å². The fraction of sp³-hybridized carbons (Fsp3) is 0.900. The van der Waals surface area contributed by atoms with E-state index in [2.05, 4.69) is 22.9 Å². The van der Waals surface area contributed by atoms with Crippen molar-refractivity contribution in [3.63, 3.8) is 0 Å². The fourth-order valence-electron chi connectivity index (χ4n) is 1.30. The number of unbranched alkanes of at least 4 members (excludes halogenated alkanes) is 3. The number of rotatable bonds is 8. The van der Waals surface area contributed by atoms with Gasteiger partial charge >= 0.3 is 0 Å². The second kappa shape index (κ2) is 9.46. The summed E-state index contributed by atoms with van der Waals surface area (Å²) < 4.78 is 0. The average Bonchev–Trinajstić information content (AvgIpc) is 2.21. The first kappa shape index (κ1) is 13.9. The minimum absolute atomic E-state index is 0.0481. The number of alkyl halides is 1. The molecule has 3 nitrogen and oxygen atoms in total. The van der Waals surface area contributed by atoms with E-state index in [9.17, 15) is 4.79 Å². The van der Waals surface area contributed by atoms with Gasteiger partial charge in [-0.25, -0.2) is 0 Å². The molecule has 1 amide bonds. The van der Waals surface area contributed by atoms with Crippen molar-refractivity contribution in [1.29, 1.82) is 0 Å². The Balaban J connectivity index is 3.67. The van der Waals surface area contributed by atoms with Gasteiger partial charge in [-0.05, 0) is 6.42 Å². The summed E-state index contributed by atoms with van der Waals surface area (Å²) in [6.45, 7) is 3.43. The van der Waals surface area contributed by atoms with E-state index in [1.807, 2.05) is 0 Å². The zero-order valence-electron chi connectivity index (χ0n) is 8.84. The third-order valence-electron chi connectivity index (χ3n) is 2.12. The van der Waals surface area contributed by atoms with E-state index in [0.717, 1.165) is 19.4 Å². The van der Waals surface area contributed by atoms with E-state index in [0.29, 0.717) is 11.9 Å². The van der Waals surface area contributed by atoms with Gasteiger partial charge in [0, 0.05) is 13.1 Å². The van der Waals surface area contributed by atoms with E-state index < -0.39 is 0 Å². The van der Waals surface area contributed by atoms with Crippen LogP contribution in [0.1, 0.15) is 32.6 Å². The van der Waals surface area contributed by atoms with Crippen molar-refractivity contribution in [2.45, 2.75) is 32.6 Å². The number of nitrogens with zero attached hydrogens (tertiary/aromatic N) is 1. The first-order valence-corrected chi connectivity index (χ1v) is 6.33. The summed E-state index contributed by atoms with van der Waals surface area (Å²) in [5.74, 6) is 0.0653. The van der Waals surface area contributed by atoms with Gasteiger partial charge in [0.25, 0.3) is 0 Å². The van der Waals surface area contributed by atoms with Crippen LogP contribution in [0.5, 0.6) is 0 Å². The minimum atomic E-state index is 0.0481. The predicted octanol–water partition coefficient (Wildman–Crippen LogP) is 1.78. The van der Waals surface area contributed by atoms with E-state index >= 15 is 0 Å². The van der Waals surface area contributed by atoms with E-state index in [1.165, 1.54) is 12.8 Å². The number of halogens is 1. The van der Waals surface area contributed by atoms with Crippen LogP contribution in [0, 0.1) is 0 Å².